The summed E-state index contributed by atoms with van der Waals surface area (Å²) in [6.45, 7) is 5.27. The van der Waals surface area contributed by atoms with E-state index in [0.29, 0.717) is 25.7 Å². The fourth-order valence-electron chi connectivity index (χ4n) is 3.19. The summed E-state index contributed by atoms with van der Waals surface area (Å²) in [6.07, 6.45) is -0.406. The Kier molecular flexibility index (Phi) is 13.1. The first kappa shape index (κ1) is 33.6. The van der Waals surface area contributed by atoms with Crippen LogP contribution in [0.25, 0.3) is 0 Å². The SMILES string of the molecule is CCCCCCCS(CC)(CCCCCCC)OS(=O)(=O)C(F)(F)C(F)(F)C(F)(F)C(F)(F)F. The summed E-state index contributed by atoms with van der Waals surface area (Å²) < 4.78 is 149. The summed E-state index contributed by atoms with van der Waals surface area (Å²) in [7, 11) is -9.87. The monoisotopic (exact) mass is 558 g/mol. The number of alkyl halides is 9. The van der Waals surface area contributed by atoms with E-state index in [2.05, 4.69) is 3.63 Å². The summed E-state index contributed by atoms with van der Waals surface area (Å²) in [6, 6.07) is 0. The minimum Gasteiger partial charge on any atom is -0.215 e. The lowest BCUT2D eigenvalue weighted by molar-refractivity contribution is -0.382. The van der Waals surface area contributed by atoms with E-state index in [-0.39, 0.29) is 17.3 Å². The molecular weight excluding hydrogens is 523 g/mol. The van der Waals surface area contributed by atoms with Gasteiger partial charge in [0, 0.05) is 11.5 Å². The van der Waals surface area contributed by atoms with Crippen LogP contribution < -0.4 is 0 Å². The first-order valence-corrected chi connectivity index (χ1v) is 14.8. The molecule has 0 aliphatic carbocycles. The van der Waals surface area contributed by atoms with Gasteiger partial charge in [-0.2, -0.15) is 47.9 Å². The summed E-state index contributed by atoms with van der Waals surface area (Å²) in [5, 5.41) is -6.81. The molecule has 0 spiro atoms. The highest BCUT2D eigenvalue weighted by molar-refractivity contribution is 8.33. The summed E-state index contributed by atoms with van der Waals surface area (Å²) in [5.41, 5.74) is 0. The third-order valence-electron chi connectivity index (χ3n) is 5.43. The molecule has 0 aliphatic rings. The van der Waals surface area contributed by atoms with Gasteiger partial charge in [-0.1, -0.05) is 72.1 Å². The van der Waals surface area contributed by atoms with E-state index >= 15 is 0 Å². The van der Waals surface area contributed by atoms with Crippen LogP contribution in [0.15, 0.2) is 0 Å². The molecule has 0 amide bonds. The second kappa shape index (κ2) is 13.3. The Hall–Kier alpha value is -0.370. The lowest BCUT2D eigenvalue weighted by atomic mass is 10.1. The Bertz CT molecular complexity index is 682. The number of unbranched alkanes of at least 4 members (excludes halogenated alkanes) is 8. The van der Waals surface area contributed by atoms with E-state index in [1.54, 1.807) is 0 Å². The van der Waals surface area contributed by atoms with E-state index in [0.717, 1.165) is 38.5 Å². The van der Waals surface area contributed by atoms with E-state index in [1.165, 1.54) is 6.92 Å². The molecule has 0 bridgehead atoms. The van der Waals surface area contributed by atoms with Crippen molar-refractivity contribution in [3.05, 3.63) is 0 Å². The van der Waals surface area contributed by atoms with Gasteiger partial charge in [0.1, 0.15) is 0 Å². The molecule has 208 valence electrons. The minimum absolute atomic E-state index is 0.0719. The highest BCUT2D eigenvalue weighted by atomic mass is 32.3. The summed E-state index contributed by atoms with van der Waals surface area (Å²) in [4.78, 5) is 0. The van der Waals surface area contributed by atoms with E-state index < -0.39 is 43.7 Å². The van der Waals surface area contributed by atoms with Gasteiger partial charge in [0.05, 0.1) is 0 Å². The lowest BCUT2D eigenvalue weighted by Gasteiger charge is -2.40. The lowest BCUT2D eigenvalue weighted by Crippen LogP contribution is -2.63. The van der Waals surface area contributed by atoms with E-state index in [1.807, 2.05) is 13.8 Å². The third-order valence-corrected chi connectivity index (χ3v) is 11.3. The molecule has 0 N–H and O–H groups in total. The van der Waals surface area contributed by atoms with Gasteiger partial charge < -0.3 is 0 Å². The summed E-state index contributed by atoms with van der Waals surface area (Å²) >= 11 is 0. The zero-order valence-corrected chi connectivity index (χ0v) is 21.3. The second-order valence-electron chi connectivity index (χ2n) is 8.18. The molecule has 0 atom stereocenters. The molecule has 0 aromatic heterocycles. The van der Waals surface area contributed by atoms with Crippen LogP contribution in [0.1, 0.15) is 85.0 Å². The first-order chi connectivity index (χ1) is 15.4. The molecule has 0 aromatic rings. The van der Waals surface area contributed by atoms with Gasteiger partial charge in [-0.3, -0.25) is 0 Å². The smallest absolute Gasteiger partial charge is 0.215 e. The Balaban J connectivity index is 5.96. The summed E-state index contributed by atoms with van der Waals surface area (Å²) in [5.74, 6) is -14.9. The predicted octanol–water partition coefficient (Wildman–Crippen LogP) is 8.44. The zero-order chi connectivity index (χ0) is 26.9. The van der Waals surface area contributed by atoms with Gasteiger partial charge in [-0.25, -0.2) is 3.63 Å². The zero-order valence-electron chi connectivity index (χ0n) is 19.6. The Morgan fingerprint density at radius 1 is 0.588 bits per heavy atom. The van der Waals surface area contributed by atoms with Gasteiger partial charge in [0.25, 0.3) is 0 Å². The standard InChI is InChI=1S/C20H35F9O3S2/c1-4-7-9-11-13-15-33(6-3,16-14-12-10-8-5-2)32-34(30,31)20(28,29)18(23,24)17(21,22)19(25,26)27/h4-16H2,1-3H3. The van der Waals surface area contributed by atoms with Crippen LogP contribution >= 0.6 is 10.3 Å². The first-order valence-electron chi connectivity index (χ1n) is 11.3. The average Bonchev–Trinajstić information content (AvgIpc) is 2.71. The van der Waals surface area contributed by atoms with Crippen LogP contribution in [0.5, 0.6) is 0 Å². The molecule has 3 nitrogen and oxygen atoms in total. The van der Waals surface area contributed by atoms with Crippen molar-refractivity contribution in [1.82, 2.24) is 0 Å². The molecule has 0 heterocycles. The van der Waals surface area contributed by atoms with Crippen molar-refractivity contribution in [3.63, 3.8) is 0 Å². The van der Waals surface area contributed by atoms with Crippen molar-refractivity contribution in [2.45, 2.75) is 108 Å². The molecular formula is C20H35F9O3S2. The van der Waals surface area contributed by atoms with Crippen LogP contribution in [-0.4, -0.2) is 49.0 Å². The molecule has 34 heavy (non-hydrogen) atoms. The average molecular weight is 559 g/mol. The van der Waals surface area contributed by atoms with Crippen molar-refractivity contribution in [2.75, 3.05) is 17.3 Å². The van der Waals surface area contributed by atoms with Crippen molar-refractivity contribution in [3.8, 4) is 0 Å². The number of rotatable bonds is 18. The van der Waals surface area contributed by atoms with Crippen molar-refractivity contribution < 1.29 is 51.6 Å². The molecule has 0 fully saturated rings. The van der Waals surface area contributed by atoms with Gasteiger partial charge in [-0.15, -0.1) is 10.3 Å². The van der Waals surface area contributed by atoms with Crippen LogP contribution in [0.3, 0.4) is 0 Å². The quantitative estimate of drug-likeness (QED) is 0.125. The largest absolute Gasteiger partial charge is 0.460 e. The van der Waals surface area contributed by atoms with Gasteiger partial charge in [-0.05, 0) is 18.6 Å². The number of halogens is 9. The number of hydrogen-bond acceptors (Lipinski definition) is 3. The molecule has 0 aliphatic heterocycles. The van der Waals surface area contributed by atoms with Crippen molar-refractivity contribution in [1.29, 1.82) is 0 Å². The molecule has 0 saturated heterocycles. The van der Waals surface area contributed by atoms with E-state index in [9.17, 15) is 47.9 Å². The maximum absolute atomic E-state index is 14.2. The molecule has 14 heteroatoms. The highest BCUT2D eigenvalue weighted by Gasteiger charge is 2.86. The van der Waals surface area contributed by atoms with E-state index in [4.69, 9.17) is 0 Å². The topological polar surface area (TPSA) is 43.4 Å². The predicted molar refractivity (Wildman–Crippen MR) is 116 cm³/mol. The molecule has 0 radical (unpaired) electrons. The van der Waals surface area contributed by atoms with Gasteiger partial charge >= 0.3 is 33.4 Å². The van der Waals surface area contributed by atoms with Crippen LogP contribution in [-0.2, 0) is 13.7 Å². The normalized spacial score (nSPS) is 15.1. The third kappa shape index (κ3) is 8.07. The van der Waals surface area contributed by atoms with Crippen LogP contribution in [0, 0.1) is 0 Å². The molecule has 0 unspecified atom stereocenters. The van der Waals surface area contributed by atoms with Crippen molar-refractivity contribution >= 4 is 20.4 Å². The van der Waals surface area contributed by atoms with Gasteiger partial charge in [0.2, 0.25) is 0 Å². The Morgan fingerprint density at radius 3 is 1.29 bits per heavy atom. The van der Waals surface area contributed by atoms with Crippen LogP contribution in [0.2, 0.25) is 0 Å². The fourth-order valence-corrected chi connectivity index (χ4v) is 8.67. The molecule has 0 rings (SSSR count). The van der Waals surface area contributed by atoms with Gasteiger partial charge in [0.15, 0.2) is 0 Å². The molecule has 0 aromatic carbocycles. The minimum atomic E-state index is -7.30. The Labute approximate surface area is 197 Å². The number of hydrogen-bond donors (Lipinski definition) is 0. The highest BCUT2D eigenvalue weighted by Crippen LogP contribution is 2.59. The fraction of sp³-hybridized carbons (Fsp3) is 1.00. The maximum atomic E-state index is 14.2. The molecule has 0 saturated carbocycles. The Morgan fingerprint density at radius 2 is 0.971 bits per heavy atom. The van der Waals surface area contributed by atoms with Crippen LogP contribution in [0.4, 0.5) is 39.5 Å². The second-order valence-corrected chi connectivity index (χ2v) is 13.5. The maximum Gasteiger partial charge on any atom is 0.460 e. The van der Waals surface area contributed by atoms with Crippen molar-refractivity contribution in [2.24, 2.45) is 0 Å².